The van der Waals surface area contributed by atoms with E-state index in [0.29, 0.717) is 12.5 Å². The van der Waals surface area contributed by atoms with Crippen LogP contribution in [0.1, 0.15) is 46.0 Å². The molecule has 4 nitrogen and oxygen atoms in total. The normalized spacial score (nSPS) is 16.2. The maximum Gasteiger partial charge on any atom is 0.244 e. The van der Waals surface area contributed by atoms with E-state index in [2.05, 4.69) is 19.2 Å². The largest absolute Gasteiger partial charge is 0.494 e. The summed E-state index contributed by atoms with van der Waals surface area (Å²) in [5.74, 6) is 1.32. The summed E-state index contributed by atoms with van der Waals surface area (Å²) in [6.07, 6.45) is 4.61. The second kappa shape index (κ2) is 8.39. The fourth-order valence-electron chi connectivity index (χ4n) is 2.56. The number of rotatable bonds is 6. The van der Waals surface area contributed by atoms with Crippen molar-refractivity contribution in [2.75, 3.05) is 11.9 Å². The van der Waals surface area contributed by atoms with E-state index in [1.54, 1.807) is 0 Å². The van der Waals surface area contributed by atoms with Gasteiger partial charge in [-0.1, -0.05) is 32.8 Å². The van der Waals surface area contributed by atoms with Gasteiger partial charge >= 0.3 is 0 Å². The van der Waals surface area contributed by atoms with Crippen molar-refractivity contribution in [3.8, 4) is 5.75 Å². The monoisotopic (exact) mass is 326 g/mol. The first-order chi connectivity index (χ1) is 9.99. The van der Waals surface area contributed by atoms with Crippen LogP contribution < -0.4 is 15.8 Å². The second-order valence-corrected chi connectivity index (χ2v) is 6.38. The second-order valence-electron chi connectivity index (χ2n) is 6.38. The molecule has 0 aromatic heterocycles. The Morgan fingerprint density at radius 3 is 2.68 bits per heavy atom. The Kier molecular flexibility index (Phi) is 7.17. The van der Waals surface area contributed by atoms with Gasteiger partial charge in [-0.3, -0.25) is 4.79 Å². The fourth-order valence-corrected chi connectivity index (χ4v) is 2.56. The van der Waals surface area contributed by atoms with E-state index in [1.807, 2.05) is 24.3 Å². The summed E-state index contributed by atoms with van der Waals surface area (Å²) in [5.41, 5.74) is 6.21. The summed E-state index contributed by atoms with van der Waals surface area (Å²) < 4.78 is 5.71. The molecule has 0 atom stereocenters. The molecule has 0 unspecified atom stereocenters. The summed E-state index contributed by atoms with van der Waals surface area (Å²) >= 11 is 0. The molecule has 1 fully saturated rings. The number of nitrogens with two attached hydrogens (primary N) is 1. The molecule has 22 heavy (non-hydrogen) atoms. The van der Waals surface area contributed by atoms with Crippen molar-refractivity contribution in [2.45, 2.75) is 51.5 Å². The highest BCUT2D eigenvalue weighted by Crippen LogP contribution is 2.29. The summed E-state index contributed by atoms with van der Waals surface area (Å²) in [5, 5.41) is 2.92. The van der Waals surface area contributed by atoms with Gasteiger partial charge in [-0.15, -0.1) is 12.4 Å². The van der Waals surface area contributed by atoms with Gasteiger partial charge < -0.3 is 15.8 Å². The van der Waals surface area contributed by atoms with Gasteiger partial charge in [0, 0.05) is 11.8 Å². The van der Waals surface area contributed by atoms with Crippen LogP contribution in [-0.2, 0) is 4.79 Å². The molecule has 0 heterocycles. The zero-order valence-corrected chi connectivity index (χ0v) is 14.2. The minimum Gasteiger partial charge on any atom is -0.494 e. The molecule has 1 aromatic rings. The number of nitrogens with one attached hydrogen (secondary N) is 1. The Bertz CT molecular complexity index is 485. The first-order valence-corrected chi connectivity index (χ1v) is 7.83. The molecule has 2 rings (SSSR count). The van der Waals surface area contributed by atoms with Crippen LogP contribution in [0.4, 0.5) is 5.69 Å². The maximum atomic E-state index is 12.3. The van der Waals surface area contributed by atoms with Gasteiger partial charge in [0.15, 0.2) is 0 Å². The number of benzene rings is 1. The van der Waals surface area contributed by atoms with Crippen LogP contribution in [0.15, 0.2) is 24.3 Å². The first kappa shape index (κ1) is 18.8. The smallest absolute Gasteiger partial charge is 0.244 e. The lowest BCUT2D eigenvalue weighted by atomic mass is 9.98. The fraction of sp³-hybridized carbons (Fsp3) is 0.588. The van der Waals surface area contributed by atoms with Crippen molar-refractivity contribution < 1.29 is 9.53 Å². The third-order valence-electron chi connectivity index (χ3n) is 4.00. The van der Waals surface area contributed by atoms with Crippen molar-refractivity contribution in [3.05, 3.63) is 24.3 Å². The van der Waals surface area contributed by atoms with Crippen molar-refractivity contribution >= 4 is 24.0 Å². The van der Waals surface area contributed by atoms with Crippen molar-refractivity contribution in [2.24, 2.45) is 11.7 Å². The highest BCUT2D eigenvalue weighted by molar-refractivity contribution is 5.98. The van der Waals surface area contributed by atoms with Gasteiger partial charge in [0.25, 0.3) is 0 Å². The number of ether oxygens (including phenoxy) is 1. The van der Waals surface area contributed by atoms with Crippen LogP contribution >= 0.6 is 12.4 Å². The highest BCUT2D eigenvalue weighted by atomic mass is 35.5. The van der Waals surface area contributed by atoms with Crippen LogP contribution in [0.3, 0.4) is 0 Å². The van der Waals surface area contributed by atoms with Crippen LogP contribution in [0, 0.1) is 5.92 Å². The third kappa shape index (κ3) is 5.18. The molecular weight excluding hydrogens is 300 g/mol. The maximum absolute atomic E-state index is 12.3. The average molecular weight is 327 g/mol. The van der Waals surface area contributed by atoms with E-state index in [1.165, 1.54) is 0 Å². The number of hydrogen-bond acceptors (Lipinski definition) is 3. The average Bonchev–Trinajstić information content (AvgIpc) is 2.87. The Morgan fingerprint density at radius 1 is 1.36 bits per heavy atom. The zero-order chi connectivity index (χ0) is 15.3. The Labute approximate surface area is 139 Å². The highest BCUT2D eigenvalue weighted by Gasteiger charge is 2.36. The number of anilines is 1. The van der Waals surface area contributed by atoms with Crippen LogP contribution in [0.2, 0.25) is 0 Å². The minimum atomic E-state index is -0.700. The van der Waals surface area contributed by atoms with Gasteiger partial charge in [-0.05, 0) is 37.3 Å². The predicted octanol–water partition coefficient (Wildman–Crippen LogP) is 3.74. The molecule has 0 spiro atoms. The summed E-state index contributed by atoms with van der Waals surface area (Å²) in [7, 11) is 0. The minimum absolute atomic E-state index is 0. The van der Waals surface area contributed by atoms with Crippen molar-refractivity contribution in [1.82, 2.24) is 0 Å². The third-order valence-corrected chi connectivity index (χ3v) is 4.00. The van der Waals surface area contributed by atoms with Crippen molar-refractivity contribution in [1.29, 1.82) is 0 Å². The lowest BCUT2D eigenvalue weighted by Crippen LogP contribution is -2.48. The summed E-state index contributed by atoms with van der Waals surface area (Å²) in [6.45, 7) is 5.03. The molecule has 124 valence electrons. The van der Waals surface area contributed by atoms with Crippen molar-refractivity contribution in [3.63, 3.8) is 0 Å². The summed E-state index contributed by atoms with van der Waals surface area (Å²) in [4.78, 5) is 12.3. The molecule has 1 aliphatic carbocycles. The Balaban J connectivity index is 0.00000242. The molecular formula is C17H27ClN2O2. The topological polar surface area (TPSA) is 64.3 Å². The van der Waals surface area contributed by atoms with Crippen LogP contribution in [0.25, 0.3) is 0 Å². The van der Waals surface area contributed by atoms with Crippen LogP contribution in [0.5, 0.6) is 5.75 Å². The molecule has 3 N–H and O–H groups in total. The standard InChI is InChI=1S/C17H26N2O2.ClH/c1-13(2)8-11-21-15-7-5-6-14(12-15)19-16(20)17(18)9-3-4-10-17;/h5-7,12-13H,3-4,8-11,18H2,1-2H3,(H,19,20);1H. The van der Waals surface area contributed by atoms with E-state index in [9.17, 15) is 4.79 Å². The quantitative estimate of drug-likeness (QED) is 0.837. The van der Waals surface area contributed by atoms with Gasteiger partial charge in [-0.2, -0.15) is 0 Å². The number of hydrogen-bond donors (Lipinski definition) is 2. The Morgan fingerprint density at radius 2 is 2.05 bits per heavy atom. The molecule has 0 bridgehead atoms. The number of carbonyl (C=O) groups excluding carboxylic acids is 1. The zero-order valence-electron chi connectivity index (χ0n) is 13.4. The van der Waals surface area contributed by atoms with Gasteiger partial charge in [-0.25, -0.2) is 0 Å². The molecule has 1 amide bonds. The predicted molar refractivity (Wildman–Crippen MR) is 92.7 cm³/mol. The lowest BCUT2D eigenvalue weighted by Gasteiger charge is -2.22. The number of carbonyl (C=O) groups is 1. The van der Waals surface area contributed by atoms with E-state index in [4.69, 9.17) is 10.5 Å². The first-order valence-electron chi connectivity index (χ1n) is 7.83. The Hall–Kier alpha value is -1.26. The molecule has 1 aromatic carbocycles. The van der Waals surface area contributed by atoms with Gasteiger partial charge in [0.1, 0.15) is 5.75 Å². The number of amides is 1. The van der Waals surface area contributed by atoms with E-state index < -0.39 is 5.54 Å². The van der Waals surface area contributed by atoms with E-state index in [-0.39, 0.29) is 18.3 Å². The van der Waals surface area contributed by atoms with Gasteiger partial charge in [0.05, 0.1) is 12.1 Å². The SMILES string of the molecule is CC(C)CCOc1cccc(NC(=O)C2(N)CCCC2)c1.Cl. The molecule has 5 heteroatoms. The van der Waals surface area contributed by atoms with E-state index >= 15 is 0 Å². The van der Waals surface area contributed by atoms with E-state index in [0.717, 1.165) is 43.5 Å². The molecule has 0 saturated heterocycles. The number of halogens is 1. The summed E-state index contributed by atoms with van der Waals surface area (Å²) in [6, 6.07) is 7.52. The molecule has 1 saturated carbocycles. The molecule has 0 aliphatic heterocycles. The molecule has 0 radical (unpaired) electrons. The van der Waals surface area contributed by atoms with Gasteiger partial charge in [0.2, 0.25) is 5.91 Å². The lowest BCUT2D eigenvalue weighted by molar-refractivity contribution is -0.121. The van der Waals surface area contributed by atoms with Crippen LogP contribution in [-0.4, -0.2) is 18.1 Å². The molecule has 1 aliphatic rings.